The molecule has 2 aliphatic rings. The first-order valence-electron chi connectivity index (χ1n) is 22.5. The molecule has 0 spiro atoms. The molecule has 0 radical (unpaired) electrons. The zero-order valence-corrected chi connectivity index (χ0v) is 36.4. The highest BCUT2D eigenvalue weighted by molar-refractivity contribution is 6.07. The van der Waals surface area contributed by atoms with Crippen LogP contribution in [0.3, 0.4) is 0 Å². The van der Waals surface area contributed by atoms with E-state index in [-0.39, 0.29) is 10.8 Å². The SMILES string of the molecule is CC1(C)c2ccccc2-c2c(-c3ccccc3N(c3ccc(-c4cccc5cccc(-c6ccccc6)c45)cc3)c3ccc4c(c3)C(C)(c3ccccc3)c3ccccc3-4)cccc21. The highest BCUT2D eigenvalue weighted by Crippen LogP contribution is 2.56. The van der Waals surface area contributed by atoms with Gasteiger partial charge in [0, 0.05) is 27.8 Å². The highest BCUT2D eigenvalue weighted by Gasteiger charge is 2.41. The Bertz CT molecular complexity index is 3410. The number of rotatable bonds is 7. The molecule has 0 N–H and O–H groups in total. The van der Waals surface area contributed by atoms with Gasteiger partial charge in [0.2, 0.25) is 0 Å². The van der Waals surface area contributed by atoms with Crippen molar-refractivity contribution >= 4 is 27.8 Å². The van der Waals surface area contributed by atoms with Crippen LogP contribution in [0, 0.1) is 0 Å². The van der Waals surface area contributed by atoms with Crippen LogP contribution >= 0.6 is 0 Å². The zero-order valence-electron chi connectivity index (χ0n) is 36.4. The van der Waals surface area contributed by atoms with Crippen molar-refractivity contribution in [2.45, 2.75) is 31.6 Å². The third kappa shape index (κ3) is 5.70. The molecule has 1 unspecified atom stereocenters. The Hall–Kier alpha value is -7.74. The van der Waals surface area contributed by atoms with Gasteiger partial charge in [0.25, 0.3) is 0 Å². The minimum atomic E-state index is -0.335. The molecule has 10 aromatic carbocycles. The first-order chi connectivity index (χ1) is 31.4. The van der Waals surface area contributed by atoms with E-state index in [4.69, 9.17) is 0 Å². The summed E-state index contributed by atoms with van der Waals surface area (Å²) >= 11 is 0. The molecule has 0 aromatic heterocycles. The second kappa shape index (κ2) is 14.7. The van der Waals surface area contributed by atoms with Gasteiger partial charge in [-0.05, 0) is 126 Å². The fraction of sp³-hybridized carbons (Fsp3) is 0.0794. The van der Waals surface area contributed by atoms with Crippen LogP contribution in [0.15, 0.2) is 231 Å². The van der Waals surface area contributed by atoms with Gasteiger partial charge in [-0.3, -0.25) is 0 Å². The Morgan fingerprint density at radius 1 is 0.328 bits per heavy atom. The third-order valence-corrected chi connectivity index (χ3v) is 14.4. The smallest absolute Gasteiger partial charge is 0.0540 e. The quantitative estimate of drug-likeness (QED) is 0.155. The molecule has 2 aliphatic carbocycles. The Balaban J connectivity index is 1.07. The van der Waals surface area contributed by atoms with Crippen LogP contribution in [-0.2, 0) is 10.8 Å². The summed E-state index contributed by atoms with van der Waals surface area (Å²) in [4.78, 5) is 2.50. The fourth-order valence-electron chi connectivity index (χ4n) is 11.2. The summed E-state index contributed by atoms with van der Waals surface area (Å²) in [7, 11) is 0. The van der Waals surface area contributed by atoms with Crippen molar-refractivity contribution in [2.75, 3.05) is 4.90 Å². The molecule has 0 bridgehead atoms. The number of hydrogen-bond donors (Lipinski definition) is 0. The maximum absolute atomic E-state index is 2.50. The Morgan fingerprint density at radius 2 is 0.844 bits per heavy atom. The van der Waals surface area contributed by atoms with E-state index in [2.05, 4.69) is 256 Å². The van der Waals surface area contributed by atoms with Crippen LogP contribution in [0.4, 0.5) is 17.1 Å². The second-order valence-electron chi connectivity index (χ2n) is 18.1. The lowest BCUT2D eigenvalue weighted by atomic mass is 9.74. The van der Waals surface area contributed by atoms with Gasteiger partial charge in [0.1, 0.15) is 0 Å². The monoisotopic (exact) mass is 817 g/mol. The van der Waals surface area contributed by atoms with Crippen LogP contribution in [-0.4, -0.2) is 0 Å². The van der Waals surface area contributed by atoms with Gasteiger partial charge < -0.3 is 4.90 Å². The van der Waals surface area contributed by atoms with Crippen molar-refractivity contribution < 1.29 is 0 Å². The van der Waals surface area contributed by atoms with E-state index in [9.17, 15) is 0 Å². The number of fused-ring (bicyclic) bond motifs is 7. The van der Waals surface area contributed by atoms with Crippen molar-refractivity contribution in [2.24, 2.45) is 0 Å². The highest BCUT2D eigenvalue weighted by atomic mass is 15.1. The molecule has 12 rings (SSSR count). The summed E-state index contributed by atoms with van der Waals surface area (Å²) in [5.41, 5.74) is 22.2. The van der Waals surface area contributed by atoms with Crippen LogP contribution in [0.25, 0.3) is 66.4 Å². The lowest BCUT2D eigenvalue weighted by Crippen LogP contribution is -2.22. The Labute approximate surface area is 376 Å². The van der Waals surface area contributed by atoms with Gasteiger partial charge in [-0.15, -0.1) is 0 Å². The third-order valence-electron chi connectivity index (χ3n) is 14.4. The van der Waals surface area contributed by atoms with Gasteiger partial charge in [-0.25, -0.2) is 0 Å². The van der Waals surface area contributed by atoms with Crippen LogP contribution < -0.4 is 4.90 Å². The minimum Gasteiger partial charge on any atom is -0.310 e. The van der Waals surface area contributed by atoms with Crippen molar-refractivity contribution in [3.8, 4) is 55.6 Å². The predicted octanol–water partition coefficient (Wildman–Crippen LogP) is 17.0. The minimum absolute atomic E-state index is 0.106. The molecule has 0 saturated carbocycles. The predicted molar refractivity (Wildman–Crippen MR) is 270 cm³/mol. The first-order valence-corrected chi connectivity index (χ1v) is 22.5. The van der Waals surface area contributed by atoms with E-state index in [1.807, 2.05) is 0 Å². The summed E-state index contributed by atoms with van der Waals surface area (Å²) < 4.78 is 0. The number of benzene rings is 10. The zero-order chi connectivity index (χ0) is 43.0. The lowest BCUT2D eigenvalue weighted by Gasteiger charge is -2.32. The van der Waals surface area contributed by atoms with Crippen molar-refractivity contribution in [3.63, 3.8) is 0 Å². The topological polar surface area (TPSA) is 3.24 Å². The van der Waals surface area contributed by atoms with E-state index < -0.39 is 0 Å². The summed E-state index contributed by atoms with van der Waals surface area (Å²) in [6.07, 6.45) is 0. The van der Waals surface area contributed by atoms with E-state index >= 15 is 0 Å². The molecule has 0 aliphatic heterocycles. The Kier molecular flexibility index (Phi) is 8.71. The second-order valence-corrected chi connectivity index (χ2v) is 18.1. The van der Waals surface area contributed by atoms with Crippen LogP contribution in [0.1, 0.15) is 48.6 Å². The summed E-state index contributed by atoms with van der Waals surface area (Å²) in [5.74, 6) is 0. The first kappa shape index (κ1) is 38.0. The molecular formula is C63H47N. The number of anilines is 3. The number of hydrogen-bond acceptors (Lipinski definition) is 1. The van der Waals surface area contributed by atoms with E-state index in [0.29, 0.717) is 0 Å². The molecular weight excluding hydrogens is 771 g/mol. The molecule has 0 heterocycles. The van der Waals surface area contributed by atoms with Crippen LogP contribution in [0.5, 0.6) is 0 Å². The van der Waals surface area contributed by atoms with Gasteiger partial charge >= 0.3 is 0 Å². The average molecular weight is 818 g/mol. The maximum Gasteiger partial charge on any atom is 0.0540 e. The molecule has 304 valence electrons. The molecule has 64 heavy (non-hydrogen) atoms. The molecule has 1 nitrogen and oxygen atoms in total. The molecule has 10 aromatic rings. The standard InChI is InChI=1S/C63H47N/c1-62(2)55-31-13-11-27-54(55)61-53(30-18-33-57(61)62)52-26-12-15-34-59(52)64(47-39-40-51-50-25-10-14-32-56(50)63(3,58(51)41-47)45-23-8-5-9-24-45)46-37-35-43(36-38-46)49-29-17-22-44-21-16-28-48(60(44)49)42-19-6-4-7-20-42/h4-41H,1-3H3. The van der Waals surface area contributed by atoms with Gasteiger partial charge in [0.05, 0.1) is 5.69 Å². The van der Waals surface area contributed by atoms with Gasteiger partial charge in [0.15, 0.2) is 0 Å². The molecule has 0 amide bonds. The Morgan fingerprint density at radius 3 is 1.58 bits per heavy atom. The molecule has 0 fully saturated rings. The summed E-state index contributed by atoms with van der Waals surface area (Å²) in [6.45, 7) is 7.14. The fourth-order valence-corrected chi connectivity index (χ4v) is 11.2. The van der Waals surface area contributed by atoms with Gasteiger partial charge in [-0.1, -0.05) is 214 Å². The van der Waals surface area contributed by atoms with E-state index in [1.54, 1.807) is 0 Å². The molecule has 1 atom stereocenters. The van der Waals surface area contributed by atoms with E-state index in [0.717, 1.165) is 17.1 Å². The summed E-state index contributed by atoms with van der Waals surface area (Å²) in [6, 6.07) is 85.5. The molecule has 1 heteroatoms. The summed E-state index contributed by atoms with van der Waals surface area (Å²) in [5, 5.41) is 2.50. The average Bonchev–Trinajstić information content (AvgIpc) is 3.76. The van der Waals surface area contributed by atoms with Crippen molar-refractivity contribution in [3.05, 3.63) is 258 Å². The van der Waals surface area contributed by atoms with E-state index in [1.165, 1.54) is 94.2 Å². The van der Waals surface area contributed by atoms with Gasteiger partial charge in [-0.2, -0.15) is 0 Å². The largest absolute Gasteiger partial charge is 0.310 e. The number of nitrogens with zero attached hydrogens (tertiary/aromatic N) is 1. The molecule has 0 saturated heterocycles. The normalized spacial score (nSPS) is 15.3. The number of para-hydroxylation sites is 1. The lowest BCUT2D eigenvalue weighted by molar-refractivity contribution is 0.660. The van der Waals surface area contributed by atoms with Crippen molar-refractivity contribution in [1.82, 2.24) is 0 Å². The van der Waals surface area contributed by atoms with Crippen molar-refractivity contribution in [1.29, 1.82) is 0 Å². The maximum atomic E-state index is 2.50. The van der Waals surface area contributed by atoms with Crippen LogP contribution in [0.2, 0.25) is 0 Å².